The van der Waals surface area contributed by atoms with Crippen molar-refractivity contribution in [2.45, 2.75) is 197 Å². The molecule has 0 amide bonds. The van der Waals surface area contributed by atoms with Gasteiger partial charge in [0.2, 0.25) is 11.6 Å². The summed E-state index contributed by atoms with van der Waals surface area (Å²) in [4.78, 5) is 11.2. The predicted molar refractivity (Wildman–Crippen MR) is 276 cm³/mol. The molecule has 4 atom stereocenters. The second-order valence-corrected chi connectivity index (χ2v) is 27.4. The van der Waals surface area contributed by atoms with Gasteiger partial charge in [-0.3, -0.25) is 0 Å². The molecular formula is C52H78N4S4Si. The summed E-state index contributed by atoms with van der Waals surface area (Å²) in [6.07, 6.45) is 23.0. The Morgan fingerprint density at radius 1 is 0.459 bits per heavy atom. The minimum Gasteiger partial charge on any atom is -0.140 e. The van der Waals surface area contributed by atoms with Crippen LogP contribution in [0.25, 0.3) is 40.9 Å². The maximum atomic E-state index is 4.82. The lowest BCUT2D eigenvalue weighted by molar-refractivity contribution is 0.449. The lowest BCUT2D eigenvalue weighted by atomic mass is 9.92. The highest BCUT2D eigenvalue weighted by molar-refractivity contribution is 7.32. The van der Waals surface area contributed by atoms with Gasteiger partial charge in [-0.05, 0) is 108 Å². The van der Waals surface area contributed by atoms with Crippen LogP contribution in [0.2, 0.25) is 12.1 Å². The molecule has 0 bridgehead atoms. The molecule has 4 unspecified atom stereocenters. The third kappa shape index (κ3) is 11.4. The Labute approximate surface area is 388 Å². The highest BCUT2D eigenvalue weighted by atomic mass is 32.1. The molecule has 334 valence electrons. The lowest BCUT2D eigenvalue weighted by Crippen LogP contribution is -2.56. The summed E-state index contributed by atoms with van der Waals surface area (Å²) < 4.78 is 0. The van der Waals surface area contributed by atoms with Crippen molar-refractivity contribution in [3.8, 4) is 40.9 Å². The molecule has 1 aliphatic rings. The highest BCUT2D eigenvalue weighted by Crippen LogP contribution is 2.50. The molecule has 5 aromatic heterocycles. The average molecular weight is 916 g/mol. The normalized spacial score (nSPS) is 16.8. The van der Waals surface area contributed by atoms with Crippen LogP contribution in [0.4, 0.5) is 0 Å². The molecule has 6 rings (SSSR count). The number of unbranched alkanes of at least 4 members (excludes halogenated alkanes) is 4. The summed E-state index contributed by atoms with van der Waals surface area (Å²) in [5.74, 6) is 4.32. The van der Waals surface area contributed by atoms with Crippen molar-refractivity contribution in [1.29, 1.82) is 0 Å². The van der Waals surface area contributed by atoms with Crippen molar-refractivity contribution in [3.63, 3.8) is 0 Å². The van der Waals surface area contributed by atoms with Gasteiger partial charge in [-0.2, -0.15) is 0 Å². The molecule has 6 heterocycles. The van der Waals surface area contributed by atoms with Gasteiger partial charge in [-0.25, -0.2) is 0 Å². The Bertz CT molecular complexity index is 2070. The fraction of sp³-hybridized carbons (Fsp3) is 0.654. The van der Waals surface area contributed by atoms with Gasteiger partial charge in [0, 0.05) is 29.3 Å². The van der Waals surface area contributed by atoms with Gasteiger partial charge in [0.15, 0.2) is 0 Å². The molecule has 0 spiro atoms. The number of fused-ring (bicyclic) bond motifs is 3. The number of hydrogen-bond donors (Lipinski definition) is 0. The summed E-state index contributed by atoms with van der Waals surface area (Å²) in [6.45, 7) is 23.7. The first-order valence-electron chi connectivity index (χ1n) is 24.7. The number of hydrogen-bond acceptors (Lipinski definition) is 8. The highest BCUT2D eigenvalue weighted by Gasteiger charge is 2.49. The number of nitrogens with zero attached hydrogens (tertiary/aromatic N) is 4. The zero-order valence-corrected chi connectivity index (χ0v) is 43.9. The third-order valence-corrected chi connectivity index (χ3v) is 24.8. The Kier molecular flexibility index (Phi) is 18.4. The monoisotopic (exact) mass is 914 g/mol. The van der Waals surface area contributed by atoms with Gasteiger partial charge in [-0.1, -0.05) is 158 Å². The van der Waals surface area contributed by atoms with Crippen LogP contribution in [-0.2, 0) is 12.8 Å². The predicted octanol–water partition coefficient (Wildman–Crippen LogP) is 16.6. The van der Waals surface area contributed by atoms with Crippen molar-refractivity contribution >= 4 is 63.8 Å². The molecule has 1 aliphatic heterocycles. The average Bonchev–Trinajstić information content (AvgIpc) is 4.10. The maximum Gasteiger partial charge on any atom is 0.213 e. The van der Waals surface area contributed by atoms with Gasteiger partial charge in [0.05, 0.1) is 9.75 Å². The second-order valence-electron chi connectivity index (χ2n) is 18.7. The molecule has 5 aromatic rings. The van der Waals surface area contributed by atoms with E-state index in [1.54, 1.807) is 31.5 Å². The van der Waals surface area contributed by atoms with Crippen LogP contribution in [0.15, 0.2) is 24.3 Å². The number of aromatic nitrogens is 4. The molecule has 0 N–H and O–H groups in total. The molecule has 4 nitrogen and oxygen atoms in total. The molecule has 61 heavy (non-hydrogen) atoms. The maximum absolute atomic E-state index is 4.82. The fourth-order valence-electron chi connectivity index (χ4n) is 10.3. The van der Waals surface area contributed by atoms with E-state index in [4.69, 9.17) is 20.4 Å². The number of thiophene rings is 4. The first kappa shape index (κ1) is 48.4. The molecule has 0 fully saturated rings. The summed E-state index contributed by atoms with van der Waals surface area (Å²) in [5, 5.41) is 22.7. The number of rotatable bonds is 27. The van der Waals surface area contributed by atoms with Gasteiger partial charge in [0.25, 0.3) is 0 Å². The molecule has 0 radical (unpaired) electrons. The van der Waals surface area contributed by atoms with E-state index < -0.39 is 8.07 Å². The second kappa shape index (κ2) is 23.2. The molecule has 9 heteroatoms. The third-order valence-electron chi connectivity index (χ3n) is 14.3. The van der Waals surface area contributed by atoms with E-state index in [0.717, 1.165) is 40.3 Å². The number of aryl methyl sites for hydroxylation is 2. The Balaban J connectivity index is 1.40. The van der Waals surface area contributed by atoms with Crippen molar-refractivity contribution in [1.82, 2.24) is 20.4 Å². The molecule has 0 aromatic carbocycles. The minimum absolute atomic E-state index is 0.652. The van der Waals surface area contributed by atoms with Crippen LogP contribution >= 0.6 is 45.3 Å². The van der Waals surface area contributed by atoms with Crippen LogP contribution in [0.5, 0.6) is 0 Å². The first-order valence-corrected chi connectivity index (χ1v) is 30.4. The van der Waals surface area contributed by atoms with Crippen LogP contribution in [0, 0.1) is 37.5 Å². The Morgan fingerprint density at radius 2 is 0.885 bits per heavy atom. The fourth-order valence-corrected chi connectivity index (χ4v) is 22.8. The SMILES string of the molecule is CCCCC(CC)Cc1cc(-c2nnc(-c3cc(CC(CC)CCCC)c(-c4cc5c(s4)-c4sc(C)cc4[Si]5(CC(CC)CCCC)CC(CC)CCCC)s3)nn2)sc1C. The van der Waals surface area contributed by atoms with Gasteiger partial charge in [0.1, 0.15) is 8.07 Å². The van der Waals surface area contributed by atoms with Crippen molar-refractivity contribution in [2.75, 3.05) is 0 Å². The Hall–Kier alpha value is -2.04. The zero-order chi connectivity index (χ0) is 43.5. The Morgan fingerprint density at radius 3 is 1.39 bits per heavy atom. The van der Waals surface area contributed by atoms with Crippen LogP contribution < -0.4 is 10.4 Å². The summed E-state index contributed by atoms with van der Waals surface area (Å²) in [7, 11) is -2.04. The molecule has 0 saturated heterocycles. The first-order chi connectivity index (χ1) is 29.6. The summed E-state index contributed by atoms with van der Waals surface area (Å²) in [5.41, 5.74) is 2.91. The van der Waals surface area contributed by atoms with Crippen molar-refractivity contribution < 1.29 is 0 Å². The van der Waals surface area contributed by atoms with E-state index in [-0.39, 0.29) is 0 Å². The van der Waals surface area contributed by atoms with E-state index in [2.05, 4.69) is 116 Å². The topological polar surface area (TPSA) is 51.6 Å². The van der Waals surface area contributed by atoms with Crippen molar-refractivity contribution in [3.05, 3.63) is 45.1 Å². The standard InChI is InChI=1S/C52H78N4S4Si/c1-11-19-23-37(15-5)28-41-30-44(58-36(41)10)51-53-55-52(56-54-51)45-31-42(29-38(16-6)24-20-12-2)48(60-45)43-32-47-50(59-43)49-46(27-35(9)57-49)61(47,33-39(17-7)25-21-13-3)34-40(18-8)26-22-14-4/h27,30-32,37-40H,11-26,28-29,33-34H2,1-10H3. The van der Waals surface area contributed by atoms with Crippen LogP contribution in [0.3, 0.4) is 0 Å². The lowest BCUT2D eigenvalue weighted by Gasteiger charge is -2.35. The van der Waals surface area contributed by atoms with Gasteiger partial charge in [-0.15, -0.1) is 65.7 Å². The smallest absolute Gasteiger partial charge is 0.140 e. The zero-order valence-electron chi connectivity index (χ0n) is 39.7. The van der Waals surface area contributed by atoms with Crippen LogP contribution in [0.1, 0.15) is 179 Å². The van der Waals surface area contributed by atoms with Crippen molar-refractivity contribution in [2.24, 2.45) is 23.7 Å². The molecular weight excluding hydrogens is 837 g/mol. The van der Waals surface area contributed by atoms with Gasteiger partial charge < -0.3 is 0 Å². The summed E-state index contributed by atoms with van der Waals surface area (Å²) >= 11 is 7.89. The largest absolute Gasteiger partial charge is 0.213 e. The van der Waals surface area contributed by atoms with Gasteiger partial charge >= 0.3 is 0 Å². The van der Waals surface area contributed by atoms with Crippen LogP contribution in [-0.4, -0.2) is 28.5 Å². The molecule has 0 aliphatic carbocycles. The van der Waals surface area contributed by atoms with E-state index in [1.165, 1.54) is 145 Å². The summed E-state index contributed by atoms with van der Waals surface area (Å²) in [6, 6.07) is 13.0. The molecule has 0 saturated carbocycles. The van der Waals surface area contributed by atoms with E-state index in [0.29, 0.717) is 17.6 Å². The minimum atomic E-state index is -2.04. The van der Waals surface area contributed by atoms with E-state index in [1.807, 2.05) is 11.3 Å². The quantitative estimate of drug-likeness (QED) is 0.0493. The van der Waals surface area contributed by atoms with E-state index >= 15 is 0 Å². The van der Waals surface area contributed by atoms with E-state index in [9.17, 15) is 0 Å².